The predicted molar refractivity (Wildman–Crippen MR) is 80.2 cm³/mol. The summed E-state index contributed by atoms with van der Waals surface area (Å²) in [6.45, 7) is 2.02. The van der Waals surface area contributed by atoms with E-state index in [4.69, 9.17) is 0 Å². The van der Waals surface area contributed by atoms with Crippen LogP contribution in [0.3, 0.4) is 0 Å². The number of halogens is 1. The minimum Gasteiger partial charge on any atom is -0.348 e. The van der Waals surface area contributed by atoms with E-state index in [2.05, 4.69) is 33.4 Å². The van der Waals surface area contributed by atoms with Crippen LogP contribution in [0.5, 0.6) is 0 Å². The quantitative estimate of drug-likeness (QED) is 0.922. The molecule has 1 heterocycles. The Hall–Kier alpha value is -1.55. The van der Waals surface area contributed by atoms with Crippen LogP contribution in [0.1, 0.15) is 23.0 Å². The zero-order valence-electron chi connectivity index (χ0n) is 11.1. The highest BCUT2D eigenvalue weighted by Gasteiger charge is 2.13. The van der Waals surface area contributed by atoms with E-state index in [0.717, 1.165) is 10.9 Å². The molecular weight excluding hydrogens is 304 g/mol. The van der Waals surface area contributed by atoms with E-state index in [1.54, 1.807) is 0 Å². The molecule has 0 aliphatic heterocycles. The van der Waals surface area contributed by atoms with Gasteiger partial charge in [-0.2, -0.15) is 0 Å². The van der Waals surface area contributed by atoms with Crippen molar-refractivity contribution >= 4 is 21.8 Å². The molecule has 0 radical (unpaired) electrons. The summed E-state index contributed by atoms with van der Waals surface area (Å²) in [7, 11) is 1.86. The third-order valence-electron chi connectivity index (χ3n) is 2.97. The normalized spacial score (nSPS) is 12.2. The molecule has 3 nitrogen and oxygen atoms in total. The van der Waals surface area contributed by atoms with Crippen molar-refractivity contribution in [1.29, 1.82) is 0 Å². The van der Waals surface area contributed by atoms with Gasteiger partial charge in [-0.05, 0) is 40.9 Å². The molecule has 1 unspecified atom stereocenters. The molecule has 2 aromatic rings. The number of carbonyl (C=O) groups excluding carboxylic acids is 1. The van der Waals surface area contributed by atoms with Crippen LogP contribution in [0.2, 0.25) is 0 Å². The Kier molecular flexibility index (Phi) is 4.43. The monoisotopic (exact) mass is 320 g/mol. The van der Waals surface area contributed by atoms with E-state index >= 15 is 0 Å². The van der Waals surface area contributed by atoms with Crippen LogP contribution in [-0.4, -0.2) is 16.5 Å². The molecule has 2 rings (SSSR count). The van der Waals surface area contributed by atoms with Gasteiger partial charge >= 0.3 is 0 Å². The number of amides is 1. The molecule has 1 atom stereocenters. The smallest absolute Gasteiger partial charge is 0.268 e. The van der Waals surface area contributed by atoms with Gasteiger partial charge in [0, 0.05) is 23.8 Å². The molecule has 1 amide bonds. The Morgan fingerprint density at radius 1 is 1.37 bits per heavy atom. The molecule has 0 aliphatic rings. The molecule has 0 fully saturated rings. The van der Waals surface area contributed by atoms with E-state index in [1.165, 1.54) is 5.56 Å². The van der Waals surface area contributed by atoms with Gasteiger partial charge in [-0.1, -0.05) is 30.3 Å². The maximum atomic E-state index is 12.1. The van der Waals surface area contributed by atoms with Gasteiger partial charge in [0.15, 0.2) is 0 Å². The number of aryl methyl sites for hydroxylation is 1. The van der Waals surface area contributed by atoms with E-state index in [-0.39, 0.29) is 11.9 Å². The topological polar surface area (TPSA) is 34.0 Å². The van der Waals surface area contributed by atoms with E-state index in [9.17, 15) is 4.79 Å². The van der Waals surface area contributed by atoms with Crippen molar-refractivity contribution in [3.05, 3.63) is 58.3 Å². The highest BCUT2D eigenvalue weighted by molar-refractivity contribution is 9.10. The summed E-state index contributed by atoms with van der Waals surface area (Å²) in [6, 6.07) is 12.1. The van der Waals surface area contributed by atoms with Crippen molar-refractivity contribution < 1.29 is 4.79 Å². The van der Waals surface area contributed by atoms with Crippen molar-refractivity contribution in [3.8, 4) is 0 Å². The van der Waals surface area contributed by atoms with Crippen LogP contribution in [0, 0.1) is 0 Å². The number of nitrogens with zero attached hydrogens (tertiary/aromatic N) is 1. The number of hydrogen-bond donors (Lipinski definition) is 1. The fraction of sp³-hybridized carbons (Fsp3) is 0.267. The fourth-order valence-corrected chi connectivity index (χ4v) is 2.59. The van der Waals surface area contributed by atoms with Gasteiger partial charge < -0.3 is 9.88 Å². The first-order valence-electron chi connectivity index (χ1n) is 6.23. The molecule has 0 saturated heterocycles. The van der Waals surface area contributed by atoms with Gasteiger partial charge in [0.05, 0.1) is 0 Å². The molecule has 100 valence electrons. The summed E-state index contributed by atoms with van der Waals surface area (Å²) in [5, 5.41) is 3.02. The van der Waals surface area contributed by atoms with E-state index in [0.29, 0.717) is 5.69 Å². The Labute approximate surface area is 121 Å². The molecule has 4 heteroatoms. The third kappa shape index (κ3) is 3.70. The van der Waals surface area contributed by atoms with E-state index in [1.807, 2.05) is 49.0 Å². The van der Waals surface area contributed by atoms with Gasteiger partial charge in [-0.25, -0.2) is 0 Å². The van der Waals surface area contributed by atoms with Crippen molar-refractivity contribution in [2.24, 2.45) is 7.05 Å². The first-order chi connectivity index (χ1) is 9.06. The summed E-state index contributed by atoms with van der Waals surface area (Å²) in [5.41, 5.74) is 1.88. The SMILES string of the molecule is CC(Cc1ccccc1)NC(=O)c1cc(Br)cn1C. The Bertz CT molecular complexity index is 563. The van der Waals surface area contributed by atoms with Gasteiger partial charge in [-0.15, -0.1) is 0 Å². The van der Waals surface area contributed by atoms with Gasteiger partial charge in [-0.3, -0.25) is 4.79 Å². The zero-order valence-corrected chi connectivity index (χ0v) is 12.6. The van der Waals surface area contributed by atoms with Gasteiger partial charge in [0.2, 0.25) is 0 Å². The zero-order chi connectivity index (χ0) is 13.8. The van der Waals surface area contributed by atoms with Crippen LogP contribution in [0.25, 0.3) is 0 Å². The Balaban J connectivity index is 1.97. The van der Waals surface area contributed by atoms with Gasteiger partial charge in [0.25, 0.3) is 5.91 Å². The highest BCUT2D eigenvalue weighted by atomic mass is 79.9. The molecule has 19 heavy (non-hydrogen) atoms. The number of rotatable bonds is 4. The molecule has 0 saturated carbocycles. The van der Waals surface area contributed by atoms with Crippen molar-refractivity contribution in [2.75, 3.05) is 0 Å². The lowest BCUT2D eigenvalue weighted by atomic mass is 10.1. The van der Waals surface area contributed by atoms with Crippen LogP contribution >= 0.6 is 15.9 Å². The first kappa shape index (κ1) is 13.9. The number of nitrogens with one attached hydrogen (secondary N) is 1. The Morgan fingerprint density at radius 3 is 2.63 bits per heavy atom. The van der Waals surface area contributed by atoms with Gasteiger partial charge in [0.1, 0.15) is 5.69 Å². The second kappa shape index (κ2) is 6.06. The standard InChI is InChI=1S/C15H17BrN2O/c1-11(8-12-6-4-3-5-7-12)17-15(19)14-9-13(16)10-18(14)2/h3-7,9-11H,8H2,1-2H3,(H,17,19). The maximum absolute atomic E-state index is 12.1. The Morgan fingerprint density at radius 2 is 2.05 bits per heavy atom. The lowest BCUT2D eigenvalue weighted by Gasteiger charge is -2.14. The average Bonchev–Trinajstić information content (AvgIpc) is 2.69. The number of carbonyl (C=O) groups is 1. The summed E-state index contributed by atoms with van der Waals surface area (Å²) in [5.74, 6) is -0.0448. The molecule has 0 spiro atoms. The number of hydrogen-bond acceptors (Lipinski definition) is 1. The maximum Gasteiger partial charge on any atom is 0.268 e. The van der Waals surface area contributed by atoms with Crippen LogP contribution < -0.4 is 5.32 Å². The lowest BCUT2D eigenvalue weighted by Crippen LogP contribution is -2.35. The molecule has 0 bridgehead atoms. The second-order valence-electron chi connectivity index (χ2n) is 4.72. The fourth-order valence-electron chi connectivity index (χ4n) is 2.07. The molecule has 0 aliphatic carbocycles. The average molecular weight is 321 g/mol. The van der Waals surface area contributed by atoms with Crippen molar-refractivity contribution in [1.82, 2.24) is 9.88 Å². The summed E-state index contributed by atoms with van der Waals surface area (Å²) < 4.78 is 2.73. The molecule has 1 aromatic carbocycles. The first-order valence-corrected chi connectivity index (χ1v) is 7.02. The molecular formula is C15H17BrN2O. The summed E-state index contributed by atoms with van der Waals surface area (Å²) in [4.78, 5) is 12.1. The predicted octanol–water partition coefficient (Wildman–Crippen LogP) is 3.15. The second-order valence-corrected chi connectivity index (χ2v) is 5.63. The number of aromatic nitrogens is 1. The summed E-state index contributed by atoms with van der Waals surface area (Å²) >= 11 is 3.37. The highest BCUT2D eigenvalue weighted by Crippen LogP contribution is 2.13. The largest absolute Gasteiger partial charge is 0.348 e. The number of benzene rings is 1. The van der Waals surface area contributed by atoms with Crippen LogP contribution in [-0.2, 0) is 13.5 Å². The molecule has 1 aromatic heterocycles. The van der Waals surface area contributed by atoms with Crippen molar-refractivity contribution in [3.63, 3.8) is 0 Å². The summed E-state index contributed by atoms with van der Waals surface area (Å²) in [6.07, 6.45) is 2.70. The lowest BCUT2D eigenvalue weighted by molar-refractivity contribution is 0.0932. The van der Waals surface area contributed by atoms with E-state index < -0.39 is 0 Å². The minimum atomic E-state index is -0.0448. The van der Waals surface area contributed by atoms with Crippen LogP contribution in [0.4, 0.5) is 0 Å². The van der Waals surface area contributed by atoms with Crippen LogP contribution in [0.15, 0.2) is 47.1 Å². The third-order valence-corrected chi connectivity index (χ3v) is 3.40. The molecule has 1 N–H and O–H groups in total. The minimum absolute atomic E-state index is 0.0448. The van der Waals surface area contributed by atoms with Crippen molar-refractivity contribution in [2.45, 2.75) is 19.4 Å².